The molecule has 20 heavy (non-hydrogen) atoms. The van der Waals surface area contributed by atoms with E-state index in [1.54, 1.807) is 17.0 Å². The zero-order chi connectivity index (χ0) is 13.9. The Labute approximate surface area is 118 Å². The van der Waals surface area contributed by atoms with Crippen molar-refractivity contribution in [3.63, 3.8) is 0 Å². The highest BCUT2D eigenvalue weighted by atomic mass is 19.1. The number of morpholine rings is 1. The molecule has 0 saturated carbocycles. The molecule has 1 aromatic rings. The minimum Gasteiger partial charge on any atom is -0.378 e. The van der Waals surface area contributed by atoms with Gasteiger partial charge in [-0.1, -0.05) is 6.07 Å². The third-order valence-corrected chi connectivity index (χ3v) is 3.93. The molecule has 0 N–H and O–H groups in total. The molecule has 1 fully saturated rings. The summed E-state index contributed by atoms with van der Waals surface area (Å²) in [4.78, 5) is 14.1. The summed E-state index contributed by atoms with van der Waals surface area (Å²) in [5, 5.41) is 0. The Morgan fingerprint density at radius 2 is 2.05 bits per heavy atom. The van der Waals surface area contributed by atoms with Crippen molar-refractivity contribution in [1.29, 1.82) is 0 Å². The van der Waals surface area contributed by atoms with E-state index in [4.69, 9.17) is 4.74 Å². The summed E-state index contributed by atoms with van der Waals surface area (Å²) >= 11 is 0. The Morgan fingerprint density at radius 1 is 1.25 bits per heavy atom. The van der Waals surface area contributed by atoms with Crippen molar-refractivity contribution < 1.29 is 13.9 Å². The third-order valence-electron chi connectivity index (χ3n) is 3.93. The first kappa shape index (κ1) is 13.3. The van der Waals surface area contributed by atoms with Crippen molar-refractivity contribution in [2.75, 3.05) is 26.3 Å². The number of rotatable bonds is 1. The SMILES string of the molecule is O=C(/C=C1/CCCc2ccc(F)cc21)N1CCOCC1. The monoisotopic (exact) mass is 275 g/mol. The van der Waals surface area contributed by atoms with Crippen LogP contribution in [-0.4, -0.2) is 37.1 Å². The predicted octanol–water partition coefficient (Wildman–Crippen LogP) is 2.40. The summed E-state index contributed by atoms with van der Waals surface area (Å²) in [6.45, 7) is 2.47. The van der Waals surface area contributed by atoms with Gasteiger partial charge in [0.1, 0.15) is 5.82 Å². The molecule has 1 aliphatic carbocycles. The highest BCUT2D eigenvalue weighted by Crippen LogP contribution is 2.31. The van der Waals surface area contributed by atoms with Crippen LogP contribution in [0.2, 0.25) is 0 Å². The van der Waals surface area contributed by atoms with Crippen LogP contribution in [0.25, 0.3) is 5.57 Å². The number of hydrogen-bond acceptors (Lipinski definition) is 2. The number of ether oxygens (including phenoxy) is 1. The second kappa shape index (κ2) is 5.75. The van der Waals surface area contributed by atoms with Crippen molar-refractivity contribution in [2.24, 2.45) is 0 Å². The average Bonchev–Trinajstić information content (AvgIpc) is 2.49. The second-order valence-electron chi connectivity index (χ2n) is 5.26. The van der Waals surface area contributed by atoms with E-state index >= 15 is 0 Å². The van der Waals surface area contributed by atoms with Gasteiger partial charge in [0, 0.05) is 19.2 Å². The Balaban J connectivity index is 1.85. The molecular formula is C16H18FNO2. The lowest BCUT2D eigenvalue weighted by molar-refractivity contribution is -0.129. The van der Waals surface area contributed by atoms with Crippen LogP contribution in [0.4, 0.5) is 4.39 Å². The molecule has 1 aromatic carbocycles. The number of aryl methyl sites for hydroxylation is 1. The number of halogens is 1. The van der Waals surface area contributed by atoms with Crippen LogP contribution in [0.1, 0.15) is 24.0 Å². The molecule has 1 saturated heterocycles. The Morgan fingerprint density at radius 3 is 2.85 bits per heavy atom. The molecule has 4 heteroatoms. The van der Waals surface area contributed by atoms with E-state index in [-0.39, 0.29) is 11.7 Å². The van der Waals surface area contributed by atoms with Gasteiger partial charge >= 0.3 is 0 Å². The van der Waals surface area contributed by atoms with Crippen LogP contribution in [-0.2, 0) is 16.0 Å². The van der Waals surface area contributed by atoms with E-state index in [0.29, 0.717) is 26.3 Å². The number of fused-ring (bicyclic) bond motifs is 1. The second-order valence-corrected chi connectivity index (χ2v) is 5.26. The van der Waals surface area contributed by atoms with Crippen LogP contribution in [0, 0.1) is 5.82 Å². The van der Waals surface area contributed by atoms with E-state index in [0.717, 1.165) is 36.0 Å². The maximum absolute atomic E-state index is 13.4. The lowest BCUT2D eigenvalue weighted by Gasteiger charge is -2.26. The normalized spacial score (nSPS) is 20.9. The molecule has 1 aliphatic heterocycles. The lowest BCUT2D eigenvalue weighted by atomic mass is 9.87. The topological polar surface area (TPSA) is 29.5 Å². The number of carbonyl (C=O) groups is 1. The van der Waals surface area contributed by atoms with Gasteiger partial charge in [-0.15, -0.1) is 0 Å². The Kier molecular flexibility index (Phi) is 3.83. The van der Waals surface area contributed by atoms with Crippen molar-refractivity contribution in [2.45, 2.75) is 19.3 Å². The van der Waals surface area contributed by atoms with E-state index in [1.807, 2.05) is 6.07 Å². The van der Waals surface area contributed by atoms with Gasteiger partial charge in [0.25, 0.3) is 0 Å². The summed E-state index contributed by atoms with van der Waals surface area (Å²) in [5.41, 5.74) is 3.00. The highest BCUT2D eigenvalue weighted by Gasteiger charge is 2.19. The quantitative estimate of drug-likeness (QED) is 0.737. The third kappa shape index (κ3) is 2.75. The zero-order valence-corrected chi connectivity index (χ0v) is 11.4. The van der Waals surface area contributed by atoms with Gasteiger partial charge in [-0.2, -0.15) is 0 Å². The molecule has 0 spiro atoms. The largest absolute Gasteiger partial charge is 0.378 e. The molecular weight excluding hydrogens is 257 g/mol. The summed E-state index contributed by atoms with van der Waals surface area (Å²) in [7, 11) is 0. The first-order chi connectivity index (χ1) is 9.74. The molecule has 2 aliphatic rings. The van der Waals surface area contributed by atoms with Crippen molar-refractivity contribution in [3.8, 4) is 0 Å². The predicted molar refractivity (Wildman–Crippen MR) is 74.7 cm³/mol. The number of nitrogens with zero attached hydrogens (tertiary/aromatic N) is 1. The fourth-order valence-electron chi connectivity index (χ4n) is 2.84. The molecule has 106 valence electrons. The van der Waals surface area contributed by atoms with E-state index in [9.17, 15) is 9.18 Å². The van der Waals surface area contributed by atoms with Gasteiger partial charge in [0.2, 0.25) is 5.91 Å². The van der Waals surface area contributed by atoms with Crippen molar-refractivity contribution in [1.82, 2.24) is 4.90 Å². The molecule has 0 radical (unpaired) electrons. The molecule has 0 bridgehead atoms. The van der Waals surface area contributed by atoms with E-state index < -0.39 is 0 Å². The first-order valence-corrected chi connectivity index (χ1v) is 7.10. The molecule has 0 unspecified atom stereocenters. The molecule has 1 amide bonds. The van der Waals surface area contributed by atoms with Crippen molar-refractivity contribution >= 4 is 11.5 Å². The van der Waals surface area contributed by atoms with E-state index in [2.05, 4.69) is 0 Å². The molecule has 1 heterocycles. The highest BCUT2D eigenvalue weighted by molar-refractivity contribution is 5.96. The maximum atomic E-state index is 13.4. The molecule has 3 nitrogen and oxygen atoms in total. The van der Waals surface area contributed by atoms with Crippen LogP contribution in [0.3, 0.4) is 0 Å². The fraction of sp³-hybridized carbons (Fsp3) is 0.438. The lowest BCUT2D eigenvalue weighted by Crippen LogP contribution is -2.39. The van der Waals surface area contributed by atoms with Crippen LogP contribution in [0.5, 0.6) is 0 Å². The van der Waals surface area contributed by atoms with Gasteiger partial charge in [-0.25, -0.2) is 4.39 Å². The molecule has 0 atom stereocenters. The summed E-state index contributed by atoms with van der Waals surface area (Å²) in [5.74, 6) is -0.226. The number of amides is 1. The smallest absolute Gasteiger partial charge is 0.247 e. The zero-order valence-electron chi connectivity index (χ0n) is 11.4. The Hall–Kier alpha value is -1.68. The van der Waals surface area contributed by atoms with Crippen LogP contribution < -0.4 is 0 Å². The van der Waals surface area contributed by atoms with Gasteiger partial charge in [-0.05, 0) is 48.1 Å². The van der Waals surface area contributed by atoms with Gasteiger partial charge in [0.05, 0.1) is 13.2 Å². The van der Waals surface area contributed by atoms with Gasteiger partial charge in [0.15, 0.2) is 0 Å². The number of carbonyl (C=O) groups excluding carboxylic acids is 1. The number of benzene rings is 1. The molecule has 0 aromatic heterocycles. The molecule has 3 rings (SSSR count). The minimum absolute atomic E-state index is 0.0143. The van der Waals surface area contributed by atoms with E-state index in [1.165, 1.54) is 6.07 Å². The van der Waals surface area contributed by atoms with Crippen molar-refractivity contribution in [3.05, 3.63) is 41.2 Å². The van der Waals surface area contributed by atoms with Crippen LogP contribution >= 0.6 is 0 Å². The number of hydrogen-bond donors (Lipinski definition) is 0. The Bertz CT molecular complexity index is 547. The van der Waals surface area contributed by atoms with Gasteiger partial charge < -0.3 is 9.64 Å². The first-order valence-electron chi connectivity index (χ1n) is 7.10. The van der Waals surface area contributed by atoms with Crippen LogP contribution in [0.15, 0.2) is 24.3 Å². The maximum Gasteiger partial charge on any atom is 0.247 e. The summed E-state index contributed by atoms with van der Waals surface area (Å²) < 4.78 is 18.7. The standard InChI is InChI=1S/C16H18FNO2/c17-14-5-4-12-2-1-3-13(15(12)11-14)10-16(19)18-6-8-20-9-7-18/h4-5,10-11H,1-3,6-9H2/b13-10-. The average molecular weight is 275 g/mol. The summed E-state index contributed by atoms with van der Waals surface area (Å²) in [6.07, 6.45) is 4.49. The van der Waals surface area contributed by atoms with Gasteiger partial charge in [-0.3, -0.25) is 4.79 Å². The number of allylic oxidation sites excluding steroid dienone is 1. The minimum atomic E-state index is -0.240. The summed E-state index contributed by atoms with van der Waals surface area (Å²) in [6, 6.07) is 4.87. The fourth-order valence-corrected chi connectivity index (χ4v) is 2.84.